The molecule has 0 aliphatic heterocycles. The Labute approximate surface area is 167 Å². The van der Waals surface area contributed by atoms with Crippen molar-refractivity contribution >= 4 is 0 Å². The van der Waals surface area contributed by atoms with Gasteiger partial charge in [0.25, 0.3) is 0 Å². The van der Waals surface area contributed by atoms with Crippen LogP contribution in [-0.4, -0.2) is 31.2 Å². The molecule has 26 heavy (non-hydrogen) atoms. The number of rotatable bonds is 21. The molecular formula is C25H54N+. The van der Waals surface area contributed by atoms with E-state index in [2.05, 4.69) is 27.8 Å². The van der Waals surface area contributed by atoms with E-state index in [9.17, 15) is 0 Å². The normalized spacial score (nSPS) is 13.8. The van der Waals surface area contributed by atoms with Crippen molar-refractivity contribution < 1.29 is 4.48 Å². The van der Waals surface area contributed by atoms with Gasteiger partial charge in [-0.15, -0.1) is 0 Å². The molecule has 0 aromatic heterocycles. The minimum Gasteiger partial charge on any atom is -0.326 e. The molecule has 0 fully saturated rings. The molecule has 0 aliphatic carbocycles. The fourth-order valence-electron chi connectivity index (χ4n) is 4.19. The smallest absolute Gasteiger partial charge is 0.0784 e. The van der Waals surface area contributed by atoms with Crippen molar-refractivity contribution in [2.24, 2.45) is 0 Å². The quantitative estimate of drug-likeness (QED) is 0.141. The highest BCUT2D eigenvalue weighted by molar-refractivity contribution is 4.50. The van der Waals surface area contributed by atoms with Crippen molar-refractivity contribution in [1.29, 1.82) is 0 Å². The molecule has 0 aliphatic rings. The highest BCUT2D eigenvalue weighted by Crippen LogP contribution is 2.14. The minimum absolute atomic E-state index is 1.29. The first-order chi connectivity index (χ1) is 12.7. The first-order valence-corrected chi connectivity index (χ1v) is 12.5. The lowest BCUT2D eigenvalue weighted by Crippen LogP contribution is -2.45. The molecule has 0 amide bonds. The number of quaternary nitrogens is 1. The van der Waals surface area contributed by atoms with Crippen LogP contribution in [0.2, 0.25) is 0 Å². The molecule has 0 rings (SSSR count). The van der Waals surface area contributed by atoms with Gasteiger partial charge in [0.15, 0.2) is 0 Å². The summed E-state index contributed by atoms with van der Waals surface area (Å²) in [5.74, 6) is 0. The molecule has 1 unspecified atom stereocenters. The van der Waals surface area contributed by atoms with E-state index >= 15 is 0 Å². The van der Waals surface area contributed by atoms with Crippen LogP contribution in [0.3, 0.4) is 0 Å². The zero-order valence-corrected chi connectivity index (χ0v) is 19.3. The van der Waals surface area contributed by atoms with Gasteiger partial charge in [-0.25, -0.2) is 0 Å². The maximum absolute atomic E-state index is 2.44. The summed E-state index contributed by atoms with van der Waals surface area (Å²) in [5, 5.41) is 0. The van der Waals surface area contributed by atoms with Gasteiger partial charge in [-0.1, -0.05) is 110 Å². The van der Waals surface area contributed by atoms with Crippen LogP contribution in [0.1, 0.15) is 136 Å². The van der Waals surface area contributed by atoms with E-state index in [0.29, 0.717) is 0 Å². The van der Waals surface area contributed by atoms with Gasteiger partial charge in [0.05, 0.1) is 26.7 Å². The summed E-state index contributed by atoms with van der Waals surface area (Å²) < 4.78 is 1.29. The van der Waals surface area contributed by atoms with E-state index in [0.717, 1.165) is 0 Å². The third-order valence-corrected chi connectivity index (χ3v) is 6.33. The molecule has 0 aromatic carbocycles. The second kappa shape index (κ2) is 19.7. The summed E-state index contributed by atoms with van der Waals surface area (Å²) in [5.41, 5.74) is 0. The molecule has 0 radical (unpaired) electrons. The van der Waals surface area contributed by atoms with E-state index in [1.54, 1.807) is 0 Å². The molecule has 1 nitrogen and oxygen atoms in total. The molecule has 0 N–H and O–H groups in total. The Balaban J connectivity index is 3.18. The second-order valence-corrected chi connectivity index (χ2v) is 9.04. The van der Waals surface area contributed by atoms with Crippen LogP contribution in [0, 0.1) is 0 Å². The lowest BCUT2D eigenvalue weighted by atomic mass is 10.0. The van der Waals surface area contributed by atoms with Crippen LogP contribution in [0.25, 0.3) is 0 Å². The maximum atomic E-state index is 2.44. The van der Waals surface area contributed by atoms with Crippen molar-refractivity contribution in [2.75, 3.05) is 26.7 Å². The first kappa shape index (κ1) is 26.0. The summed E-state index contributed by atoms with van der Waals surface area (Å²) in [4.78, 5) is 0. The van der Waals surface area contributed by atoms with Gasteiger partial charge in [-0.2, -0.15) is 0 Å². The van der Waals surface area contributed by atoms with E-state index in [4.69, 9.17) is 0 Å². The standard InChI is InChI=1S/C25H54N/c1-5-8-9-10-11-12-13-14-15-16-17-18-19-20-21-22-23-25-26(4,7-3)24-6-2/h5-25H2,1-4H3/q+1. The highest BCUT2D eigenvalue weighted by Gasteiger charge is 2.16. The van der Waals surface area contributed by atoms with Crippen molar-refractivity contribution in [2.45, 2.75) is 136 Å². The molecule has 0 saturated heterocycles. The van der Waals surface area contributed by atoms with E-state index in [1.807, 2.05) is 0 Å². The molecule has 0 heterocycles. The number of unbranched alkanes of at least 4 members (excludes halogenated alkanes) is 16. The monoisotopic (exact) mass is 368 g/mol. The molecule has 0 bridgehead atoms. The topological polar surface area (TPSA) is 0 Å². The van der Waals surface area contributed by atoms with Gasteiger partial charge in [0, 0.05) is 0 Å². The zero-order chi connectivity index (χ0) is 19.3. The van der Waals surface area contributed by atoms with Crippen LogP contribution in [-0.2, 0) is 0 Å². The van der Waals surface area contributed by atoms with Crippen LogP contribution >= 0.6 is 0 Å². The molecule has 158 valence electrons. The average Bonchev–Trinajstić information content (AvgIpc) is 2.64. The predicted octanol–water partition coefficient (Wildman–Crippen LogP) is 8.51. The van der Waals surface area contributed by atoms with Gasteiger partial charge in [0.1, 0.15) is 0 Å². The molecule has 0 spiro atoms. The zero-order valence-electron chi connectivity index (χ0n) is 19.3. The third-order valence-electron chi connectivity index (χ3n) is 6.33. The largest absolute Gasteiger partial charge is 0.326 e. The van der Waals surface area contributed by atoms with E-state index in [-0.39, 0.29) is 0 Å². The Morgan fingerprint density at radius 2 is 0.731 bits per heavy atom. The van der Waals surface area contributed by atoms with Crippen molar-refractivity contribution in [3.8, 4) is 0 Å². The fourth-order valence-corrected chi connectivity index (χ4v) is 4.19. The van der Waals surface area contributed by atoms with Gasteiger partial charge in [0.2, 0.25) is 0 Å². The second-order valence-electron chi connectivity index (χ2n) is 9.04. The summed E-state index contributed by atoms with van der Waals surface area (Å²) in [6, 6.07) is 0. The summed E-state index contributed by atoms with van der Waals surface area (Å²) in [6.07, 6.45) is 26.3. The molecule has 0 saturated carbocycles. The number of nitrogens with zero attached hydrogens (tertiary/aromatic N) is 1. The van der Waals surface area contributed by atoms with Crippen LogP contribution < -0.4 is 0 Å². The van der Waals surface area contributed by atoms with Crippen LogP contribution in [0.4, 0.5) is 0 Å². The van der Waals surface area contributed by atoms with E-state index in [1.165, 1.54) is 140 Å². The van der Waals surface area contributed by atoms with Gasteiger partial charge in [-0.05, 0) is 26.2 Å². The van der Waals surface area contributed by atoms with Crippen LogP contribution in [0.15, 0.2) is 0 Å². The molecular weight excluding hydrogens is 314 g/mol. The van der Waals surface area contributed by atoms with Crippen molar-refractivity contribution in [1.82, 2.24) is 0 Å². The van der Waals surface area contributed by atoms with Gasteiger partial charge >= 0.3 is 0 Å². The molecule has 0 aromatic rings. The van der Waals surface area contributed by atoms with Crippen LogP contribution in [0.5, 0.6) is 0 Å². The molecule has 1 heteroatoms. The Hall–Kier alpha value is -0.0400. The Morgan fingerprint density at radius 1 is 0.385 bits per heavy atom. The summed E-state index contributed by atoms with van der Waals surface area (Å²) in [6.45, 7) is 11.0. The Bertz CT molecular complexity index is 263. The fraction of sp³-hybridized carbons (Fsp3) is 1.00. The summed E-state index contributed by atoms with van der Waals surface area (Å²) >= 11 is 0. The van der Waals surface area contributed by atoms with Gasteiger partial charge in [-0.3, -0.25) is 0 Å². The predicted molar refractivity (Wildman–Crippen MR) is 121 cm³/mol. The Morgan fingerprint density at radius 3 is 1.04 bits per heavy atom. The number of hydrogen-bond acceptors (Lipinski definition) is 0. The third kappa shape index (κ3) is 17.4. The number of hydrogen-bond donors (Lipinski definition) is 0. The first-order valence-electron chi connectivity index (χ1n) is 12.5. The minimum atomic E-state index is 1.29. The van der Waals surface area contributed by atoms with E-state index < -0.39 is 0 Å². The van der Waals surface area contributed by atoms with Gasteiger partial charge < -0.3 is 4.48 Å². The summed E-state index contributed by atoms with van der Waals surface area (Å²) in [7, 11) is 2.44. The SMILES string of the molecule is CCCCCCCCCCCCCCCCCCC[N+](C)(CC)CCC. The Kier molecular flexibility index (Phi) is 19.7. The lowest BCUT2D eigenvalue weighted by molar-refractivity contribution is -0.908. The average molecular weight is 369 g/mol. The molecule has 1 atom stereocenters. The highest BCUT2D eigenvalue weighted by atomic mass is 15.3. The lowest BCUT2D eigenvalue weighted by Gasteiger charge is -2.33. The maximum Gasteiger partial charge on any atom is 0.0784 e. The van der Waals surface area contributed by atoms with Crippen molar-refractivity contribution in [3.63, 3.8) is 0 Å². The van der Waals surface area contributed by atoms with Crippen molar-refractivity contribution in [3.05, 3.63) is 0 Å².